The first-order valence-electron chi connectivity index (χ1n) is 11.3. The van der Waals surface area contributed by atoms with Gasteiger partial charge in [-0.15, -0.1) is 0 Å². The number of aliphatic imine (C=N–C) groups is 1. The van der Waals surface area contributed by atoms with Crippen molar-refractivity contribution in [3.8, 4) is 5.75 Å². The summed E-state index contributed by atoms with van der Waals surface area (Å²) in [5, 5.41) is 16.3. The highest BCUT2D eigenvalue weighted by Gasteiger charge is 2.34. The van der Waals surface area contributed by atoms with E-state index in [1.807, 2.05) is 0 Å². The summed E-state index contributed by atoms with van der Waals surface area (Å²) in [5.74, 6) is 0.310. The van der Waals surface area contributed by atoms with E-state index in [0.29, 0.717) is 59.7 Å². The lowest BCUT2D eigenvalue weighted by molar-refractivity contribution is -0.136. The standard InChI is InChI=1S/C23H28ClN7O4/c1-30-8-9-35-18-10-14(4-5-16(18)24)26-11-15-19-20(27-13-28-21(19)29-22(15)33)25-6-3-7-31(2)23(34)17(30)12-32/h4-5,10-11,13,15,17,32H,3,6-9,12H2,1-2H3,(H2,25,27,28,29,33)/t15?,17-/m1/s1. The van der Waals surface area contributed by atoms with E-state index in [4.69, 9.17) is 16.3 Å². The number of carbonyl (C=O) groups excluding carboxylic acids is 2. The number of hydrogen-bond donors (Lipinski definition) is 3. The van der Waals surface area contributed by atoms with Gasteiger partial charge in [0.15, 0.2) is 0 Å². The fourth-order valence-electron chi connectivity index (χ4n) is 3.99. The smallest absolute Gasteiger partial charge is 0.242 e. The van der Waals surface area contributed by atoms with E-state index in [9.17, 15) is 14.7 Å². The summed E-state index contributed by atoms with van der Waals surface area (Å²) in [6, 6.07) is 4.39. The molecule has 2 amide bonds. The van der Waals surface area contributed by atoms with Crippen LogP contribution in [0.3, 0.4) is 0 Å². The molecule has 0 spiro atoms. The van der Waals surface area contributed by atoms with Crippen molar-refractivity contribution in [1.82, 2.24) is 19.8 Å². The molecule has 1 aromatic heterocycles. The van der Waals surface area contributed by atoms with Crippen LogP contribution < -0.4 is 15.4 Å². The molecular weight excluding hydrogens is 474 g/mol. The number of hydrogen-bond acceptors (Lipinski definition) is 9. The molecule has 11 nitrogen and oxygen atoms in total. The van der Waals surface area contributed by atoms with Gasteiger partial charge in [0.05, 0.1) is 22.9 Å². The number of nitrogens with one attached hydrogen (secondary N) is 2. The summed E-state index contributed by atoms with van der Waals surface area (Å²) < 4.78 is 5.85. The van der Waals surface area contributed by atoms with E-state index in [2.05, 4.69) is 25.6 Å². The van der Waals surface area contributed by atoms with Gasteiger partial charge < -0.3 is 25.4 Å². The molecule has 3 heterocycles. The molecule has 35 heavy (non-hydrogen) atoms. The number of likely N-dealkylation sites (N-methyl/N-ethyl adjacent to an activating group) is 2. The molecule has 2 atom stereocenters. The monoisotopic (exact) mass is 501 g/mol. The quantitative estimate of drug-likeness (QED) is 0.535. The number of aliphatic hydroxyl groups is 1. The van der Waals surface area contributed by atoms with E-state index >= 15 is 0 Å². The number of carbonyl (C=O) groups is 2. The lowest BCUT2D eigenvalue weighted by Gasteiger charge is -2.29. The molecular formula is C23H28ClN7O4. The van der Waals surface area contributed by atoms with E-state index in [-0.39, 0.29) is 25.0 Å². The third-order valence-electron chi connectivity index (χ3n) is 6.04. The molecule has 1 unspecified atom stereocenters. The average molecular weight is 502 g/mol. The molecule has 12 heteroatoms. The van der Waals surface area contributed by atoms with Crippen LogP contribution in [0.5, 0.6) is 5.75 Å². The zero-order valence-corrected chi connectivity index (χ0v) is 20.3. The molecule has 0 saturated carbocycles. The molecule has 1 aromatic carbocycles. The zero-order valence-electron chi connectivity index (χ0n) is 19.6. The van der Waals surface area contributed by atoms with Crippen LogP contribution in [-0.4, -0.2) is 95.9 Å². The lowest BCUT2D eigenvalue weighted by atomic mass is 10.0. The van der Waals surface area contributed by atoms with Gasteiger partial charge in [-0.25, -0.2) is 9.97 Å². The number of halogens is 1. The Morgan fingerprint density at radius 2 is 2.00 bits per heavy atom. The average Bonchev–Trinajstić information content (AvgIpc) is 3.17. The Bertz CT molecular complexity index is 1130. The number of anilines is 2. The van der Waals surface area contributed by atoms with Gasteiger partial charge in [0, 0.05) is 39.0 Å². The van der Waals surface area contributed by atoms with Crippen molar-refractivity contribution in [2.45, 2.75) is 18.4 Å². The minimum absolute atomic E-state index is 0.181. The highest BCUT2D eigenvalue weighted by molar-refractivity contribution is 6.32. The Hall–Kier alpha value is -3.28. The number of rotatable bonds is 1. The largest absolute Gasteiger partial charge is 0.491 e. The van der Waals surface area contributed by atoms with Crippen LogP contribution in [0, 0.1) is 0 Å². The Balaban J connectivity index is 1.65. The second kappa shape index (κ2) is 11.0. The van der Waals surface area contributed by atoms with Crippen molar-refractivity contribution in [2.75, 3.05) is 57.6 Å². The number of nitrogens with zero attached hydrogens (tertiary/aromatic N) is 5. The molecule has 0 radical (unpaired) electrons. The summed E-state index contributed by atoms with van der Waals surface area (Å²) in [4.78, 5) is 41.9. The maximum absolute atomic E-state index is 12.9. The van der Waals surface area contributed by atoms with Crippen molar-refractivity contribution in [1.29, 1.82) is 0 Å². The highest BCUT2D eigenvalue weighted by atomic mass is 35.5. The zero-order chi connectivity index (χ0) is 24.9. The normalized spacial score (nSPS) is 21.8. The molecule has 0 aliphatic carbocycles. The third kappa shape index (κ3) is 5.53. The van der Waals surface area contributed by atoms with Gasteiger partial charge in [-0.05, 0) is 25.6 Å². The highest BCUT2D eigenvalue weighted by Crippen LogP contribution is 2.35. The summed E-state index contributed by atoms with van der Waals surface area (Å²) in [6.45, 7) is 1.34. The Morgan fingerprint density at radius 3 is 2.80 bits per heavy atom. The van der Waals surface area contributed by atoms with Gasteiger partial charge in [0.25, 0.3) is 0 Å². The Morgan fingerprint density at radius 1 is 1.20 bits per heavy atom. The van der Waals surface area contributed by atoms with Gasteiger partial charge in [0.2, 0.25) is 11.8 Å². The van der Waals surface area contributed by atoms with Gasteiger partial charge in [0.1, 0.15) is 42.3 Å². The SMILES string of the molecule is CN1CCCNc2ncnc3c2C(C=Nc2ccc(Cl)c(c2)OCCN(C)[C@H](CO)C1=O)C(=O)N3. The minimum atomic E-state index is -0.687. The van der Waals surface area contributed by atoms with E-state index < -0.39 is 12.0 Å². The molecule has 4 rings (SSSR count). The number of ether oxygens (including phenoxy) is 1. The van der Waals surface area contributed by atoms with Crippen LogP contribution in [0.15, 0.2) is 29.5 Å². The molecule has 2 aliphatic heterocycles. The number of aromatic nitrogens is 2. The lowest BCUT2D eigenvalue weighted by Crippen LogP contribution is -2.49. The molecule has 2 bridgehead atoms. The van der Waals surface area contributed by atoms with Crippen LogP contribution >= 0.6 is 11.6 Å². The van der Waals surface area contributed by atoms with Crippen LogP contribution in [0.1, 0.15) is 17.9 Å². The van der Waals surface area contributed by atoms with Gasteiger partial charge in [-0.3, -0.25) is 19.5 Å². The van der Waals surface area contributed by atoms with Crippen LogP contribution in [0.4, 0.5) is 17.3 Å². The predicted octanol–water partition coefficient (Wildman–Crippen LogP) is 1.51. The molecule has 0 saturated heterocycles. The summed E-state index contributed by atoms with van der Waals surface area (Å²) in [5.41, 5.74) is 1.18. The van der Waals surface area contributed by atoms with E-state index in [0.717, 1.165) is 0 Å². The van der Waals surface area contributed by atoms with E-state index in [1.165, 1.54) is 6.33 Å². The van der Waals surface area contributed by atoms with Crippen molar-refractivity contribution < 1.29 is 19.4 Å². The van der Waals surface area contributed by atoms with Crippen molar-refractivity contribution in [3.05, 3.63) is 35.1 Å². The van der Waals surface area contributed by atoms with Crippen molar-refractivity contribution >= 4 is 47.0 Å². The predicted molar refractivity (Wildman–Crippen MR) is 133 cm³/mol. The van der Waals surface area contributed by atoms with Crippen molar-refractivity contribution in [3.63, 3.8) is 0 Å². The molecule has 0 fully saturated rings. The Labute approximate surface area is 208 Å². The summed E-state index contributed by atoms with van der Waals surface area (Å²) >= 11 is 6.30. The first-order chi connectivity index (χ1) is 16.9. The minimum Gasteiger partial charge on any atom is -0.491 e. The number of amides is 2. The first-order valence-corrected chi connectivity index (χ1v) is 11.7. The third-order valence-corrected chi connectivity index (χ3v) is 6.35. The molecule has 2 aliphatic rings. The Kier molecular flexibility index (Phi) is 7.79. The number of fused-ring (bicyclic) bond motifs is 2. The maximum Gasteiger partial charge on any atom is 0.242 e. The maximum atomic E-state index is 12.9. The van der Waals surface area contributed by atoms with Crippen molar-refractivity contribution in [2.24, 2.45) is 4.99 Å². The van der Waals surface area contributed by atoms with Gasteiger partial charge in [-0.2, -0.15) is 0 Å². The molecule has 2 aromatic rings. The van der Waals surface area contributed by atoms with Crippen LogP contribution in [0.25, 0.3) is 0 Å². The van der Waals surface area contributed by atoms with Gasteiger partial charge in [-0.1, -0.05) is 11.6 Å². The number of aliphatic hydroxyl groups excluding tert-OH is 1. The second-order valence-electron chi connectivity index (χ2n) is 8.41. The molecule has 186 valence electrons. The topological polar surface area (TPSA) is 132 Å². The first kappa shape index (κ1) is 24.8. The second-order valence-corrected chi connectivity index (χ2v) is 8.82. The molecule has 3 N–H and O–H groups in total. The van der Waals surface area contributed by atoms with Crippen LogP contribution in [0.2, 0.25) is 5.02 Å². The summed E-state index contributed by atoms with van der Waals surface area (Å²) in [6.07, 6.45) is 3.58. The van der Waals surface area contributed by atoms with E-state index in [1.54, 1.807) is 48.3 Å². The fourth-order valence-corrected chi connectivity index (χ4v) is 4.16. The van der Waals surface area contributed by atoms with Crippen LogP contribution in [-0.2, 0) is 9.59 Å². The summed E-state index contributed by atoms with van der Waals surface area (Å²) in [7, 11) is 3.47. The number of benzene rings is 1. The fraction of sp³-hybridized carbons (Fsp3) is 0.435. The van der Waals surface area contributed by atoms with Gasteiger partial charge >= 0.3 is 0 Å².